The van der Waals surface area contributed by atoms with Gasteiger partial charge in [-0.05, 0) is 34.7 Å². The highest BCUT2D eigenvalue weighted by Crippen LogP contribution is 2.50. The maximum absolute atomic E-state index is 8.97. The first kappa shape index (κ1) is 13.6. The van der Waals surface area contributed by atoms with Gasteiger partial charge in [-0.2, -0.15) is 10.4 Å². The van der Waals surface area contributed by atoms with E-state index < -0.39 is 0 Å². The molecule has 5 heteroatoms. The summed E-state index contributed by atoms with van der Waals surface area (Å²) >= 11 is 3.59. The number of nitrogens with zero attached hydrogens (tertiary/aromatic N) is 4. The van der Waals surface area contributed by atoms with E-state index in [4.69, 9.17) is 10.4 Å². The van der Waals surface area contributed by atoms with Crippen LogP contribution in [0.25, 0.3) is 10.9 Å². The first-order valence-corrected chi connectivity index (χ1v) is 7.72. The van der Waals surface area contributed by atoms with E-state index >= 15 is 0 Å². The van der Waals surface area contributed by atoms with Crippen LogP contribution in [0, 0.1) is 16.7 Å². The lowest BCUT2D eigenvalue weighted by Crippen LogP contribution is -2.12. The molecule has 0 saturated heterocycles. The van der Waals surface area contributed by atoms with Gasteiger partial charge in [-0.15, -0.1) is 0 Å². The molecule has 1 aliphatic carbocycles. The van der Waals surface area contributed by atoms with Crippen LogP contribution in [0.3, 0.4) is 0 Å². The molecular weight excluding hydrogens is 316 g/mol. The Bertz CT molecular complexity index is 692. The van der Waals surface area contributed by atoms with Crippen molar-refractivity contribution in [2.45, 2.75) is 45.6 Å². The summed E-state index contributed by atoms with van der Waals surface area (Å²) in [5.74, 6) is 0.364. The first-order valence-electron chi connectivity index (χ1n) is 6.93. The smallest absolute Gasteiger partial charge is 0.0880 e. The third-order valence-corrected chi connectivity index (χ3v) is 4.69. The molecule has 0 aliphatic heterocycles. The molecule has 1 saturated carbocycles. The standard InChI is InChI=1S/C15H17BrN4/c1-10(2)14-13-11(16)7-18-8-12(13)20(19-14)9-15(3-4-15)5-6-17/h7-8,10H,3-5,9H2,1-2H3. The molecule has 3 rings (SSSR count). The minimum Gasteiger partial charge on any atom is -0.262 e. The maximum atomic E-state index is 8.97. The fraction of sp³-hybridized carbons (Fsp3) is 0.533. The SMILES string of the molecule is CC(C)c1nn(CC2(CC#N)CC2)c2cncc(Br)c12. The summed E-state index contributed by atoms with van der Waals surface area (Å²) in [6.45, 7) is 5.13. The number of aromatic nitrogens is 3. The van der Waals surface area contributed by atoms with Crippen LogP contribution in [-0.2, 0) is 6.54 Å². The minimum atomic E-state index is 0.143. The number of hydrogen-bond donors (Lipinski definition) is 0. The summed E-state index contributed by atoms with van der Waals surface area (Å²) in [4.78, 5) is 4.27. The molecule has 104 valence electrons. The third-order valence-electron chi connectivity index (χ3n) is 4.09. The van der Waals surface area contributed by atoms with Crippen LogP contribution in [0.2, 0.25) is 0 Å². The van der Waals surface area contributed by atoms with Gasteiger partial charge >= 0.3 is 0 Å². The zero-order valence-electron chi connectivity index (χ0n) is 11.7. The summed E-state index contributed by atoms with van der Waals surface area (Å²) in [5.41, 5.74) is 2.30. The quantitative estimate of drug-likeness (QED) is 0.849. The van der Waals surface area contributed by atoms with Crippen LogP contribution < -0.4 is 0 Å². The molecular formula is C15H17BrN4. The zero-order valence-corrected chi connectivity index (χ0v) is 13.3. The molecule has 2 aromatic rings. The van der Waals surface area contributed by atoms with Crippen molar-refractivity contribution in [2.24, 2.45) is 5.41 Å². The fourth-order valence-electron chi connectivity index (χ4n) is 2.69. The van der Waals surface area contributed by atoms with Crippen LogP contribution in [0.15, 0.2) is 16.9 Å². The Kier molecular flexibility index (Phi) is 3.29. The Hall–Kier alpha value is -1.41. The van der Waals surface area contributed by atoms with Gasteiger partial charge in [0.25, 0.3) is 0 Å². The average molecular weight is 333 g/mol. The van der Waals surface area contributed by atoms with Crippen molar-refractivity contribution >= 4 is 26.8 Å². The molecule has 0 aromatic carbocycles. The topological polar surface area (TPSA) is 54.5 Å². The second-order valence-corrected chi connectivity index (χ2v) is 6.90. The summed E-state index contributed by atoms with van der Waals surface area (Å²) in [5, 5.41) is 14.9. The summed E-state index contributed by atoms with van der Waals surface area (Å²) in [6.07, 6.45) is 6.57. The molecule has 0 radical (unpaired) electrons. The van der Waals surface area contributed by atoms with E-state index in [0.717, 1.165) is 40.5 Å². The number of halogens is 1. The number of hydrogen-bond acceptors (Lipinski definition) is 3. The second-order valence-electron chi connectivity index (χ2n) is 6.05. The van der Waals surface area contributed by atoms with Gasteiger partial charge < -0.3 is 0 Å². The van der Waals surface area contributed by atoms with Crippen molar-refractivity contribution in [1.29, 1.82) is 5.26 Å². The van der Waals surface area contributed by atoms with E-state index in [-0.39, 0.29) is 5.41 Å². The predicted octanol–water partition coefficient (Wildman–Crippen LogP) is 4.01. The Labute approximate surface area is 126 Å². The molecule has 0 amide bonds. The highest BCUT2D eigenvalue weighted by molar-refractivity contribution is 9.10. The van der Waals surface area contributed by atoms with Crippen molar-refractivity contribution in [3.63, 3.8) is 0 Å². The molecule has 20 heavy (non-hydrogen) atoms. The Morgan fingerprint density at radius 2 is 2.20 bits per heavy atom. The Balaban J connectivity index is 2.08. The van der Waals surface area contributed by atoms with Crippen molar-refractivity contribution in [1.82, 2.24) is 14.8 Å². The van der Waals surface area contributed by atoms with Crippen molar-refractivity contribution in [2.75, 3.05) is 0 Å². The van der Waals surface area contributed by atoms with Gasteiger partial charge in [0.15, 0.2) is 0 Å². The van der Waals surface area contributed by atoms with Gasteiger partial charge in [0.1, 0.15) is 0 Å². The lowest BCUT2D eigenvalue weighted by atomic mass is 10.0. The lowest BCUT2D eigenvalue weighted by molar-refractivity contribution is 0.410. The molecule has 0 N–H and O–H groups in total. The van der Waals surface area contributed by atoms with E-state index in [2.05, 4.69) is 40.8 Å². The van der Waals surface area contributed by atoms with Crippen molar-refractivity contribution < 1.29 is 0 Å². The predicted molar refractivity (Wildman–Crippen MR) is 81.2 cm³/mol. The van der Waals surface area contributed by atoms with Gasteiger partial charge in [-0.1, -0.05) is 13.8 Å². The number of rotatable bonds is 4. The van der Waals surface area contributed by atoms with Gasteiger partial charge in [-0.25, -0.2) is 0 Å². The first-order chi connectivity index (χ1) is 9.56. The molecule has 0 atom stereocenters. The third kappa shape index (κ3) is 2.22. The molecule has 4 nitrogen and oxygen atoms in total. The van der Waals surface area contributed by atoms with Crippen LogP contribution in [-0.4, -0.2) is 14.8 Å². The van der Waals surface area contributed by atoms with Crippen LogP contribution in [0.5, 0.6) is 0 Å². The minimum absolute atomic E-state index is 0.143. The highest BCUT2D eigenvalue weighted by Gasteiger charge is 2.43. The monoisotopic (exact) mass is 332 g/mol. The van der Waals surface area contributed by atoms with Crippen LogP contribution in [0.4, 0.5) is 0 Å². The molecule has 0 bridgehead atoms. The molecule has 2 heterocycles. The van der Waals surface area contributed by atoms with Crippen molar-refractivity contribution in [3.8, 4) is 6.07 Å². The van der Waals surface area contributed by atoms with Crippen LogP contribution >= 0.6 is 15.9 Å². The Morgan fingerprint density at radius 1 is 1.45 bits per heavy atom. The van der Waals surface area contributed by atoms with E-state index in [1.54, 1.807) is 0 Å². The largest absolute Gasteiger partial charge is 0.262 e. The Morgan fingerprint density at radius 3 is 2.80 bits per heavy atom. The summed E-state index contributed by atoms with van der Waals surface area (Å²) in [6, 6.07) is 2.31. The second kappa shape index (κ2) is 4.85. The van der Waals surface area contributed by atoms with Gasteiger partial charge in [0, 0.05) is 34.4 Å². The molecule has 1 fully saturated rings. The molecule has 0 unspecified atom stereocenters. The van der Waals surface area contributed by atoms with E-state index in [0.29, 0.717) is 12.3 Å². The van der Waals surface area contributed by atoms with E-state index in [1.807, 2.05) is 17.1 Å². The number of fused-ring (bicyclic) bond motifs is 1. The molecule has 0 spiro atoms. The molecule has 2 aromatic heterocycles. The number of nitriles is 1. The van der Waals surface area contributed by atoms with Crippen LogP contribution in [0.1, 0.15) is 44.7 Å². The van der Waals surface area contributed by atoms with E-state index in [1.165, 1.54) is 0 Å². The lowest BCUT2D eigenvalue weighted by Gasteiger charge is -2.11. The van der Waals surface area contributed by atoms with E-state index in [9.17, 15) is 0 Å². The molecule has 1 aliphatic rings. The zero-order chi connectivity index (χ0) is 14.3. The average Bonchev–Trinajstić information content (AvgIpc) is 3.04. The van der Waals surface area contributed by atoms with Gasteiger partial charge in [0.05, 0.1) is 23.5 Å². The fourth-order valence-corrected chi connectivity index (χ4v) is 3.21. The maximum Gasteiger partial charge on any atom is 0.0880 e. The highest BCUT2D eigenvalue weighted by atomic mass is 79.9. The summed E-state index contributed by atoms with van der Waals surface area (Å²) < 4.78 is 3.04. The van der Waals surface area contributed by atoms with Crippen molar-refractivity contribution in [3.05, 3.63) is 22.6 Å². The van der Waals surface area contributed by atoms with Gasteiger partial charge in [-0.3, -0.25) is 9.67 Å². The van der Waals surface area contributed by atoms with Gasteiger partial charge in [0.2, 0.25) is 0 Å². The summed E-state index contributed by atoms with van der Waals surface area (Å²) in [7, 11) is 0. The number of pyridine rings is 1. The normalized spacial score (nSPS) is 16.6.